The molecule has 0 radical (unpaired) electrons. The topological polar surface area (TPSA) is 20.3 Å². The number of aryl methyl sites for hydroxylation is 2. The molecule has 0 aliphatic heterocycles. The molecule has 0 aliphatic carbocycles. The van der Waals surface area contributed by atoms with Crippen molar-refractivity contribution in [2.75, 3.05) is 12.8 Å². The third kappa shape index (κ3) is 4.12. The van der Waals surface area contributed by atoms with Crippen molar-refractivity contribution in [2.45, 2.75) is 25.3 Å². The number of thioether (sulfide) groups is 1. The molecule has 4 heteroatoms. The molecule has 0 saturated carbocycles. The predicted octanol–water partition coefficient (Wildman–Crippen LogP) is 4.12. The summed E-state index contributed by atoms with van der Waals surface area (Å²) in [5, 5.41) is 2.04. The van der Waals surface area contributed by atoms with Gasteiger partial charge in [-0.2, -0.15) is 0 Å². The van der Waals surface area contributed by atoms with Crippen molar-refractivity contribution >= 4 is 29.0 Å². The Morgan fingerprint density at radius 2 is 2.05 bits per heavy atom. The number of carbonyl (C=O) groups is 1. The molecule has 0 aliphatic rings. The maximum absolute atomic E-state index is 12.1. The first-order valence-electron chi connectivity index (χ1n) is 6.52. The number of hydrogen-bond donors (Lipinski definition) is 0. The minimum atomic E-state index is 0.168. The normalized spacial score (nSPS) is 10.6. The molecule has 0 atom stereocenters. The number of hydrogen-bond acceptors (Lipinski definition) is 3. The second kappa shape index (κ2) is 6.95. The van der Waals surface area contributed by atoms with Crippen molar-refractivity contribution < 1.29 is 4.79 Å². The summed E-state index contributed by atoms with van der Waals surface area (Å²) in [6.07, 6.45) is 0. The summed E-state index contributed by atoms with van der Waals surface area (Å²) >= 11 is 3.29. The maximum atomic E-state index is 12.1. The van der Waals surface area contributed by atoms with Gasteiger partial charge in [0.15, 0.2) is 0 Å². The van der Waals surface area contributed by atoms with Crippen LogP contribution in [0.2, 0.25) is 0 Å². The number of amides is 1. The number of benzene rings is 1. The van der Waals surface area contributed by atoms with Gasteiger partial charge in [-0.05, 0) is 48.6 Å². The lowest BCUT2D eigenvalue weighted by atomic mass is 10.1. The van der Waals surface area contributed by atoms with Crippen LogP contribution in [-0.2, 0) is 11.3 Å². The molecule has 1 heterocycles. The number of nitrogens with zero attached hydrogens (tertiary/aromatic N) is 1. The monoisotopic (exact) mass is 305 g/mol. The van der Waals surface area contributed by atoms with Gasteiger partial charge < -0.3 is 4.90 Å². The van der Waals surface area contributed by atoms with Gasteiger partial charge in [0.1, 0.15) is 0 Å². The van der Waals surface area contributed by atoms with Gasteiger partial charge in [-0.25, -0.2) is 0 Å². The van der Waals surface area contributed by atoms with E-state index in [1.807, 2.05) is 18.5 Å². The van der Waals surface area contributed by atoms with Gasteiger partial charge in [0.25, 0.3) is 0 Å². The van der Waals surface area contributed by atoms with Crippen LogP contribution < -0.4 is 0 Å². The highest BCUT2D eigenvalue weighted by atomic mass is 32.2. The van der Waals surface area contributed by atoms with Crippen molar-refractivity contribution in [2.24, 2.45) is 0 Å². The van der Waals surface area contributed by atoms with Gasteiger partial charge >= 0.3 is 0 Å². The highest BCUT2D eigenvalue weighted by Gasteiger charge is 2.10. The van der Waals surface area contributed by atoms with Crippen molar-refractivity contribution in [1.82, 2.24) is 4.90 Å². The van der Waals surface area contributed by atoms with Gasteiger partial charge in [0.2, 0.25) is 5.91 Å². The summed E-state index contributed by atoms with van der Waals surface area (Å²) in [5.41, 5.74) is 2.56. The van der Waals surface area contributed by atoms with E-state index in [0.717, 1.165) is 4.90 Å². The van der Waals surface area contributed by atoms with E-state index >= 15 is 0 Å². The van der Waals surface area contributed by atoms with E-state index < -0.39 is 0 Å². The third-order valence-corrected chi connectivity index (χ3v) is 5.08. The van der Waals surface area contributed by atoms with Crippen LogP contribution >= 0.6 is 23.1 Å². The Labute approximate surface area is 128 Å². The van der Waals surface area contributed by atoms with E-state index in [-0.39, 0.29) is 5.91 Å². The summed E-state index contributed by atoms with van der Waals surface area (Å²) in [7, 11) is 1.86. The molecule has 0 saturated heterocycles. The second-order valence-corrected chi connectivity index (χ2v) is 6.94. The Balaban J connectivity index is 1.86. The molecule has 1 aromatic carbocycles. The average molecular weight is 305 g/mol. The number of rotatable bonds is 5. The zero-order valence-corrected chi connectivity index (χ0v) is 13.7. The molecular weight excluding hydrogens is 286 g/mol. The molecule has 0 unspecified atom stereocenters. The van der Waals surface area contributed by atoms with E-state index in [4.69, 9.17) is 0 Å². The average Bonchev–Trinajstić information content (AvgIpc) is 2.92. The molecule has 0 fully saturated rings. The first kappa shape index (κ1) is 15.1. The van der Waals surface area contributed by atoms with Crippen LogP contribution in [0.4, 0.5) is 0 Å². The summed E-state index contributed by atoms with van der Waals surface area (Å²) in [6.45, 7) is 4.90. The van der Waals surface area contributed by atoms with Crippen LogP contribution in [0.5, 0.6) is 0 Å². The summed E-state index contributed by atoms with van der Waals surface area (Å²) < 4.78 is 0. The third-order valence-electron chi connectivity index (χ3n) is 3.24. The smallest absolute Gasteiger partial charge is 0.233 e. The first-order chi connectivity index (χ1) is 9.56. The predicted molar refractivity (Wildman–Crippen MR) is 87.4 cm³/mol. The molecule has 0 spiro atoms. The fourth-order valence-electron chi connectivity index (χ4n) is 1.78. The number of carbonyl (C=O) groups excluding carboxylic acids is 1. The van der Waals surface area contributed by atoms with Crippen LogP contribution in [0, 0.1) is 13.8 Å². The zero-order valence-electron chi connectivity index (χ0n) is 12.1. The largest absolute Gasteiger partial charge is 0.340 e. The maximum Gasteiger partial charge on any atom is 0.233 e. The molecule has 0 N–H and O–H groups in total. The van der Waals surface area contributed by atoms with Crippen LogP contribution in [0.15, 0.2) is 40.6 Å². The molecule has 2 aromatic rings. The standard InChI is InChI=1S/C16H19NOS2/c1-12-6-7-14(9-13(12)2)20-11-16(18)17(3)10-15-5-4-8-19-15/h4-9H,10-11H2,1-3H3. The summed E-state index contributed by atoms with van der Waals surface area (Å²) in [4.78, 5) is 16.3. The highest BCUT2D eigenvalue weighted by molar-refractivity contribution is 8.00. The van der Waals surface area contributed by atoms with Crippen molar-refractivity contribution in [3.8, 4) is 0 Å². The van der Waals surface area contributed by atoms with Crippen LogP contribution in [-0.4, -0.2) is 23.6 Å². The first-order valence-corrected chi connectivity index (χ1v) is 8.39. The van der Waals surface area contributed by atoms with Crippen LogP contribution in [0.3, 0.4) is 0 Å². The molecule has 20 heavy (non-hydrogen) atoms. The van der Waals surface area contributed by atoms with E-state index in [1.165, 1.54) is 16.0 Å². The second-order valence-electron chi connectivity index (χ2n) is 4.86. The Kier molecular flexibility index (Phi) is 5.26. The zero-order chi connectivity index (χ0) is 14.5. The van der Waals surface area contributed by atoms with Crippen LogP contribution in [0.25, 0.3) is 0 Å². The molecule has 1 amide bonds. The Hall–Kier alpha value is -1.26. The fraction of sp³-hybridized carbons (Fsp3) is 0.312. The van der Waals surface area contributed by atoms with Crippen LogP contribution in [0.1, 0.15) is 16.0 Å². The molecule has 2 nitrogen and oxygen atoms in total. The van der Waals surface area contributed by atoms with E-state index in [0.29, 0.717) is 12.3 Å². The number of thiophene rings is 1. The molecule has 2 rings (SSSR count). The fourth-order valence-corrected chi connectivity index (χ4v) is 3.48. The molecule has 0 bridgehead atoms. The van der Waals surface area contributed by atoms with Gasteiger partial charge in [0, 0.05) is 16.8 Å². The van der Waals surface area contributed by atoms with Gasteiger partial charge in [-0.3, -0.25) is 4.79 Å². The van der Waals surface area contributed by atoms with E-state index in [9.17, 15) is 4.79 Å². The Morgan fingerprint density at radius 1 is 1.25 bits per heavy atom. The lowest BCUT2D eigenvalue weighted by molar-refractivity contribution is -0.127. The Bertz CT molecular complexity index is 578. The van der Waals surface area contributed by atoms with Gasteiger partial charge in [-0.15, -0.1) is 23.1 Å². The lowest BCUT2D eigenvalue weighted by Crippen LogP contribution is -2.27. The summed E-state index contributed by atoms with van der Waals surface area (Å²) in [5.74, 6) is 0.659. The SMILES string of the molecule is Cc1ccc(SCC(=O)N(C)Cc2cccs2)cc1C. The highest BCUT2D eigenvalue weighted by Crippen LogP contribution is 2.21. The summed E-state index contributed by atoms with van der Waals surface area (Å²) in [6, 6.07) is 10.4. The lowest BCUT2D eigenvalue weighted by Gasteiger charge is -2.16. The van der Waals surface area contributed by atoms with Crippen molar-refractivity contribution in [1.29, 1.82) is 0 Å². The van der Waals surface area contributed by atoms with Crippen molar-refractivity contribution in [3.05, 3.63) is 51.7 Å². The van der Waals surface area contributed by atoms with Gasteiger partial charge in [-0.1, -0.05) is 12.1 Å². The molecule has 1 aromatic heterocycles. The van der Waals surface area contributed by atoms with E-state index in [1.54, 1.807) is 28.0 Å². The quantitative estimate of drug-likeness (QED) is 0.775. The van der Waals surface area contributed by atoms with Gasteiger partial charge in [0.05, 0.1) is 12.3 Å². The van der Waals surface area contributed by atoms with Crippen molar-refractivity contribution in [3.63, 3.8) is 0 Å². The van der Waals surface area contributed by atoms with E-state index in [2.05, 4.69) is 38.1 Å². The molecule has 106 valence electrons. The Morgan fingerprint density at radius 3 is 2.70 bits per heavy atom. The molecular formula is C16H19NOS2. The minimum Gasteiger partial charge on any atom is -0.340 e. The minimum absolute atomic E-state index is 0.168.